The lowest BCUT2D eigenvalue weighted by molar-refractivity contribution is 0.176. The van der Waals surface area contributed by atoms with E-state index in [4.69, 9.17) is 0 Å². The van der Waals surface area contributed by atoms with Crippen LogP contribution in [0, 0.1) is 6.92 Å². The summed E-state index contributed by atoms with van der Waals surface area (Å²) >= 11 is 0. The van der Waals surface area contributed by atoms with E-state index in [-0.39, 0.29) is 6.03 Å². The summed E-state index contributed by atoms with van der Waals surface area (Å²) in [6.45, 7) is 7.44. The number of fused-ring (bicyclic) bond motifs is 3. The summed E-state index contributed by atoms with van der Waals surface area (Å²) in [5.74, 6) is 0. The SMILES string of the molecule is Cc1c(NC(=O)N2CCC(O)C2)ccc2c1c1ccccc1n2C(C)C. The van der Waals surface area contributed by atoms with Gasteiger partial charge in [-0.15, -0.1) is 0 Å². The highest BCUT2D eigenvalue weighted by atomic mass is 16.3. The number of benzene rings is 2. The van der Waals surface area contributed by atoms with E-state index in [1.54, 1.807) is 4.90 Å². The third-order valence-corrected chi connectivity index (χ3v) is 5.34. The van der Waals surface area contributed by atoms with Crippen LogP contribution in [0.25, 0.3) is 21.8 Å². The Balaban J connectivity index is 1.80. The number of carbonyl (C=O) groups excluding carboxylic acids is 1. The normalized spacial score (nSPS) is 17.6. The number of anilines is 1. The number of likely N-dealkylation sites (tertiary alicyclic amines) is 1. The van der Waals surface area contributed by atoms with Gasteiger partial charge in [0.1, 0.15) is 0 Å². The molecule has 0 bridgehead atoms. The van der Waals surface area contributed by atoms with Crippen LogP contribution >= 0.6 is 0 Å². The van der Waals surface area contributed by atoms with Gasteiger partial charge in [-0.25, -0.2) is 4.79 Å². The Morgan fingerprint density at radius 3 is 2.65 bits per heavy atom. The molecule has 1 atom stereocenters. The molecule has 2 N–H and O–H groups in total. The summed E-state index contributed by atoms with van der Waals surface area (Å²) in [5.41, 5.74) is 4.31. The Hall–Kier alpha value is -2.53. The number of aryl methyl sites for hydroxylation is 1. The van der Waals surface area contributed by atoms with Crippen molar-refractivity contribution in [2.24, 2.45) is 0 Å². The largest absolute Gasteiger partial charge is 0.391 e. The average Bonchev–Trinajstić information content (AvgIpc) is 3.18. The van der Waals surface area contributed by atoms with E-state index in [9.17, 15) is 9.90 Å². The van der Waals surface area contributed by atoms with E-state index >= 15 is 0 Å². The molecule has 5 heteroatoms. The minimum atomic E-state index is -0.409. The fourth-order valence-corrected chi connectivity index (χ4v) is 4.08. The molecule has 136 valence electrons. The summed E-state index contributed by atoms with van der Waals surface area (Å²) in [5, 5.41) is 15.1. The number of aromatic nitrogens is 1. The zero-order valence-electron chi connectivity index (χ0n) is 15.5. The molecule has 1 unspecified atom stereocenters. The Labute approximate surface area is 153 Å². The summed E-state index contributed by atoms with van der Waals surface area (Å²) < 4.78 is 2.35. The van der Waals surface area contributed by atoms with Crippen molar-refractivity contribution in [3.05, 3.63) is 42.0 Å². The second-order valence-corrected chi connectivity index (χ2v) is 7.43. The first kappa shape index (κ1) is 16.9. The molecule has 0 saturated carbocycles. The number of para-hydroxylation sites is 1. The maximum atomic E-state index is 12.5. The Bertz CT molecular complexity index is 990. The molecule has 0 radical (unpaired) electrons. The molecule has 1 saturated heterocycles. The summed E-state index contributed by atoms with van der Waals surface area (Å²) in [4.78, 5) is 14.2. The van der Waals surface area contributed by atoms with Crippen molar-refractivity contribution in [2.45, 2.75) is 39.3 Å². The van der Waals surface area contributed by atoms with Crippen LogP contribution in [0.4, 0.5) is 10.5 Å². The molecule has 0 aliphatic carbocycles. The van der Waals surface area contributed by atoms with Crippen LogP contribution in [0.1, 0.15) is 31.9 Å². The maximum absolute atomic E-state index is 12.5. The standard InChI is InChI=1S/C21H25N3O2/c1-13(2)24-18-7-5-4-6-16(18)20-14(3)17(8-9-19(20)24)22-21(26)23-11-10-15(25)12-23/h4-9,13,15,25H,10-12H2,1-3H3,(H,22,26). The smallest absolute Gasteiger partial charge is 0.321 e. The van der Waals surface area contributed by atoms with Gasteiger partial charge in [-0.3, -0.25) is 0 Å². The van der Waals surface area contributed by atoms with E-state index in [0.717, 1.165) is 11.3 Å². The molecule has 4 rings (SSSR count). The van der Waals surface area contributed by atoms with Crippen LogP contribution < -0.4 is 5.32 Å². The molecule has 1 aliphatic heterocycles. The van der Waals surface area contributed by atoms with Gasteiger partial charge in [-0.1, -0.05) is 18.2 Å². The fourth-order valence-electron chi connectivity index (χ4n) is 4.08. The van der Waals surface area contributed by atoms with Gasteiger partial charge in [0.15, 0.2) is 0 Å². The minimum absolute atomic E-state index is 0.142. The van der Waals surface area contributed by atoms with Gasteiger partial charge in [-0.05, 0) is 51.0 Å². The molecule has 1 aliphatic rings. The topological polar surface area (TPSA) is 57.5 Å². The zero-order valence-corrected chi connectivity index (χ0v) is 15.5. The van der Waals surface area contributed by atoms with E-state index < -0.39 is 6.10 Å². The van der Waals surface area contributed by atoms with Crippen molar-refractivity contribution in [3.8, 4) is 0 Å². The highest BCUT2D eigenvalue weighted by Crippen LogP contribution is 2.36. The van der Waals surface area contributed by atoms with Crippen LogP contribution in [-0.4, -0.2) is 39.8 Å². The van der Waals surface area contributed by atoms with E-state index in [2.05, 4.69) is 61.0 Å². The molecule has 1 fully saturated rings. The van der Waals surface area contributed by atoms with Crippen LogP contribution in [0.3, 0.4) is 0 Å². The first-order valence-corrected chi connectivity index (χ1v) is 9.23. The van der Waals surface area contributed by atoms with Crippen molar-refractivity contribution in [2.75, 3.05) is 18.4 Å². The number of nitrogens with one attached hydrogen (secondary N) is 1. The molecule has 3 aromatic rings. The molecule has 2 aromatic carbocycles. The molecular formula is C21H25N3O2. The number of hydrogen-bond acceptors (Lipinski definition) is 2. The molecular weight excluding hydrogens is 326 g/mol. The molecule has 2 amide bonds. The molecule has 0 spiro atoms. The van der Waals surface area contributed by atoms with Crippen molar-refractivity contribution in [1.82, 2.24) is 9.47 Å². The predicted molar refractivity (Wildman–Crippen MR) is 106 cm³/mol. The predicted octanol–water partition coefficient (Wildman–Crippen LogP) is 4.28. The maximum Gasteiger partial charge on any atom is 0.321 e. The monoisotopic (exact) mass is 351 g/mol. The minimum Gasteiger partial charge on any atom is -0.391 e. The number of amides is 2. The first-order chi connectivity index (χ1) is 12.5. The van der Waals surface area contributed by atoms with Crippen LogP contribution in [0.15, 0.2) is 36.4 Å². The van der Waals surface area contributed by atoms with Crippen LogP contribution in [0.5, 0.6) is 0 Å². The molecule has 1 aromatic heterocycles. The van der Waals surface area contributed by atoms with Gasteiger partial charge in [0, 0.05) is 46.6 Å². The number of hydrogen-bond donors (Lipinski definition) is 2. The first-order valence-electron chi connectivity index (χ1n) is 9.23. The van der Waals surface area contributed by atoms with Gasteiger partial charge in [-0.2, -0.15) is 0 Å². The Morgan fingerprint density at radius 1 is 1.19 bits per heavy atom. The molecule has 2 heterocycles. The lowest BCUT2D eigenvalue weighted by Gasteiger charge is -2.18. The number of nitrogens with zero attached hydrogens (tertiary/aromatic N) is 2. The lowest BCUT2D eigenvalue weighted by Crippen LogP contribution is -2.33. The number of carbonyl (C=O) groups is 1. The summed E-state index contributed by atoms with van der Waals surface area (Å²) in [6, 6.07) is 12.7. The second kappa shape index (κ2) is 6.32. The summed E-state index contributed by atoms with van der Waals surface area (Å²) in [6.07, 6.45) is 0.237. The fraction of sp³-hybridized carbons (Fsp3) is 0.381. The molecule has 5 nitrogen and oxygen atoms in total. The zero-order chi connectivity index (χ0) is 18.4. The number of rotatable bonds is 2. The number of urea groups is 1. The highest BCUT2D eigenvalue weighted by Gasteiger charge is 2.25. The van der Waals surface area contributed by atoms with Crippen LogP contribution in [-0.2, 0) is 0 Å². The number of aliphatic hydroxyl groups excluding tert-OH is 1. The van der Waals surface area contributed by atoms with E-state index in [1.165, 1.54) is 21.8 Å². The lowest BCUT2D eigenvalue weighted by atomic mass is 10.1. The third kappa shape index (κ3) is 2.63. The summed E-state index contributed by atoms with van der Waals surface area (Å²) in [7, 11) is 0. The van der Waals surface area contributed by atoms with Crippen molar-refractivity contribution in [3.63, 3.8) is 0 Å². The Kier molecular flexibility index (Phi) is 4.11. The van der Waals surface area contributed by atoms with Gasteiger partial charge < -0.3 is 19.9 Å². The molecule has 26 heavy (non-hydrogen) atoms. The highest BCUT2D eigenvalue weighted by molar-refractivity contribution is 6.12. The quantitative estimate of drug-likeness (QED) is 0.724. The van der Waals surface area contributed by atoms with Gasteiger partial charge in [0.25, 0.3) is 0 Å². The third-order valence-electron chi connectivity index (χ3n) is 5.34. The van der Waals surface area contributed by atoms with Crippen molar-refractivity contribution < 1.29 is 9.90 Å². The van der Waals surface area contributed by atoms with Gasteiger partial charge >= 0.3 is 6.03 Å². The Morgan fingerprint density at radius 2 is 1.96 bits per heavy atom. The van der Waals surface area contributed by atoms with Crippen LogP contribution in [0.2, 0.25) is 0 Å². The second-order valence-electron chi connectivity index (χ2n) is 7.43. The van der Waals surface area contributed by atoms with Gasteiger partial charge in [0.05, 0.1) is 6.10 Å². The average molecular weight is 351 g/mol. The number of aliphatic hydroxyl groups is 1. The number of β-amino-alcohol motifs (C(OH)–C–C–N with tert-alkyl or cyclic N) is 1. The van der Waals surface area contributed by atoms with Crippen molar-refractivity contribution >= 4 is 33.5 Å². The van der Waals surface area contributed by atoms with Gasteiger partial charge in [0.2, 0.25) is 0 Å². The van der Waals surface area contributed by atoms with E-state index in [1.807, 2.05) is 6.07 Å². The van der Waals surface area contributed by atoms with Crippen molar-refractivity contribution in [1.29, 1.82) is 0 Å². The van der Waals surface area contributed by atoms with E-state index in [0.29, 0.717) is 25.6 Å².